The fourth-order valence-corrected chi connectivity index (χ4v) is 3.05. The van der Waals surface area contributed by atoms with Crippen LogP contribution in [0.5, 0.6) is 5.75 Å². The second kappa shape index (κ2) is 8.22. The van der Waals surface area contributed by atoms with Crippen molar-refractivity contribution in [3.63, 3.8) is 0 Å². The normalized spacial score (nSPS) is 11.6. The molecule has 1 heterocycles. The Labute approximate surface area is 167 Å². The van der Waals surface area contributed by atoms with Crippen LogP contribution in [0, 0.1) is 0 Å². The molecule has 0 saturated heterocycles. The number of nitrogens with zero attached hydrogens (tertiary/aromatic N) is 3. The van der Waals surface area contributed by atoms with E-state index in [9.17, 15) is 18.0 Å². The quantitative estimate of drug-likeness (QED) is 0.553. The van der Waals surface area contributed by atoms with Crippen LogP contribution in [-0.4, -0.2) is 40.2 Å². The van der Waals surface area contributed by atoms with E-state index < -0.39 is 12.7 Å². The van der Waals surface area contributed by atoms with Crippen LogP contribution >= 0.6 is 15.9 Å². The lowest BCUT2D eigenvalue weighted by Crippen LogP contribution is -2.32. The van der Waals surface area contributed by atoms with Crippen molar-refractivity contribution in [2.75, 3.05) is 13.7 Å². The van der Waals surface area contributed by atoms with Gasteiger partial charge < -0.3 is 14.2 Å². The molecule has 0 aliphatic carbocycles. The van der Waals surface area contributed by atoms with E-state index in [4.69, 9.17) is 4.74 Å². The largest absolute Gasteiger partial charge is 0.484 e. The van der Waals surface area contributed by atoms with Crippen molar-refractivity contribution in [1.29, 1.82) is 0 Å². The highest BCUT2D eigenvalue weighted by Gasteiger charge is 2.29. The lowest BCUT2D eigenvalue weighted by molar-refractivity contribution is -0.141. The predicted octanol–water partition coefficient (Wildman–Crippen LogP) is 4.40. The lowest BCUT2D eigenvalue weighted by atomic mass is 10.1. The molecule has 3 aromatic rings. The molecule has 0 radical (unpaired) electrons. The minimum Gasteiger partial charge on any atom is -0.484 e. The van der Waals surface area contributed by atoms with Gasteiger partial charge in [0, 0.05) is 23.9 Å². The lowest BCUT2D eigenvalue weighted by Gasteiger charge is -2.18. The number of amides is 1. The Morgan fingerprint density at radius 3 is 2.68 bits per heavy atom. The van der Waals surface area contributed by atoms with Gasteiger partial charge in [-0.1, -0.05) is 28.1 Å². The van der Waals surface area contributed by atoms with Crippen LogP contribution in [0.15, 0.2) is 53.3 Å². The average molecular weight is 456 g/mol. The summed E-state index contributed by atoms with van der Waals surface area (Å²) < 4.78 is 45.2. The number of aromatic nitrogens is 2. The number of benzene rings is 2. The molecule has 0 atom stereocenters. The molecule has 0 N–H and O–H groups in total. The zero-order chi connectivity index (χ0) is 20.3. The first-order chi connectivity index (χ1) is 13.2. The van der Waals surface area contributed by atoms with Crippen molar-refractivity contribution < 1.29 is 22.7 Å². The van der Waals surface area contributed by atoms with Crippen molar-refractivity contribution in [3.05, 3.63) is 59.1 Å². The van der Waals surface area contributed by atoms with Gasteiger partial charge in [-0.2, -0.15) is 13.2 Å². The number of likely N-dealkylation sites (N-methyl/N-ethyl adjacent to an activating group) is 1. The van der Waals surface area contributed by atoms with Gasteiger partial charge >= 0.3 is 6.18 Å². The molecular formula is C19H17BrF3N3O2. The molecule has 28 heavy (non-hydrogen) atoms. The zero-order valence-corrected chi connectivity index (χ0v) is 16.5. The molecule has 0 aliphatic rings. The first kappa shape index (κ1) is 20.2. The van der Waals surface area contributed by atoms with Gasteiger partial charge in [0.2, 0.25) is 0 Å². The summed E-state index contributed by atoms with van der Waals surface area (Å²) in [5, 5.41) is 2.00. The molecule has 9 heteroatoms. The summed E-state index contributed by atoms with van der Waals surface area (Å²) in [5.74, 6) is 0.331. The molecular weight excluding hydrogens is 439 g/mol. The molecule has 0 bridgehead atoms. The van der Waals surface area contributed by atoms with Gasteiger partial charge in [-0.25, -0.2) is 4.98 Å². The van der Waals surface area contributed by atoms with Crippen molar-refractivity contribution in [1.82, 2.24) is 14.5 Å². The molecule has 0 unspecified atom stereocenters. The van der Waals surface area contributed by atoms with E-state index in [1.165, 1.54) is 24.3 Å². The molecule has 148 valence electrons. The minimum absolute atomic E-state index is 0.0446. The number of rotatable bonds is 6. The number of carbonyl (C=O) groups excluding carboxylic acids is 1. The van der Waals surface area contributed by atoms with Gasteiger partial charge in [0.05, 0.1) is 6.54 Å². The molecule has 1 amide bonds. The minimum atomic E-state index is -4.35. The van der Waals surface area contributed by atoms with E-state index in [2.05, 4.69) is 20.9 Å². The molecule has 0 saturated carbocycles. The first-order valence-electron chi connectivity index (χ1n) is 8.34. The second-order valence-corrected chi connectivity index (χ2v) is 7.19. The van der Waals surface area contributed by atoms with Crippen molar-refractivity contribution in [2.24, 2.45) is 0 Å². The zero-order valence-electron chi connectivity index (χ0n) is 14.9. The van der Waals surface area contributed by atoms with Gasteiger partial charge in [0.1, 0.15) is 18.1 Å². The Balaban J connectivity index is 1.59. The first-order valence-corrected chi connectivity index (χ1v) is 9.13. The van der Waals surface area contributed by atoms with Gasteiger partial charge in [0.25, 0.3) is 5.91 Å². The number of hydrogen-bond acceptors (Lipinski definition) is 3. The Morgan fingerprint density at radius 1 is 1.21 bits per heavy atom. The van der Waals surface area contributed by atoms with Crippen LogP contribution in [0.3, 0.4) is 0 Å². The molecule has 1 aromatic heterocycles. The summed E-state index contributed by atoms with van der Waals surface area (Å²) in [4.78, 5) is 17.5. The molecule has 3 rings (SSSR count). The highest BCUT2D eigenvalue weighted by Crippen LogP contribution is 2.24. The summed E-state index contributed by atoms with van der Waals surface area (Å²) in [6, 6.07) is 11.3. The number of ether oxygens (including phenoxy) is 1. The summed E-state index contributed by atoms with van der Waals surface area (Å²) in [7, 11) is 1.50. The highest BCUT2D eigenvalue weighted by atomic mass is 79.9. The van der Waals surface area contributed by atoms with Gasteiger partial charge in [-0.15, -0.1) is 0 Å². The smallest absolute Gasteiger partial charge is 0.406 e. The van der Waals surface area contributed by atoms with E-state index in [1.807, 2.05) is 30.3 Å². The summed E-state index contributed by atoms with van der Waals surface area (Å²) in [6.07, 6.45) is -1.83. The van der Waals surface area contributed by atoms with E-state index in [0.717, 1.165) is 19.8 Å². The SMILES string of the molecule is CN(Cc1nccn1CC(F)(F)F)C(=O)COc1ccc2cc(Br)ccc2c1. The maximum atomic E-state index is 12.6. The van der Waals surface area contributed by atoms with Crippen LogP contribution in [0.1, 0.15) is 5.82 Å². The maximum Gasteiger partial charge on any atom is 0.406 e. The number of halogens is 4. The Morgan fingerprint density at radius 2 is 1.93 bits per heavy atom. The van der Waals surface area contributed by atoms with Crippen LogP contribution in [-0.2, 0) is 17.9 Å². The topological polar surface area (TPSA) is 47.4 Å². The summed E-state index contributed by atoms with van der Waals surface area (Å²) >= 11 is 3.41. The van der Waals surface area contributed by atoms with Crippen LogP contribution in [0.4, 0.5) is 13.2 Å². The molecule has 2 aromatic carbocycles. The summed E-state index contributed by atoms with van der Waals surface area (Å²) in [5.41, 5.74) is 0. The third-order valence-electron chi connectivity index (χ3n) is 4.09. The van der Waals surface area contributed by atoms with Crippen LogP contribution in [0.2, 0.25) is 0 Å². The standard InChI is InChI=1S/C19H17BrF3N3O2/c1-25(10-17-24-6-7-26(17)12-19(21,22)23)18(27)11-28-16-5-3-13-8-15(20)4-2-14(13)9-16/h2-9H,10-12H2,1H3. The van der Waals surface area contributed by atoms with Gasteiger partial charge in [-0.3, -0.25) is 4.79 Å². The number of imidazole rings is 1. The fourth-order valence-electron chi connectivity index (χ4n) is 2.67. The Bertz CT molecular complexity index is 988. The average Bonchev–Trinajstić information content (AvgIpc) is 3.04. The Kier molecular flexibility index (Phi) is 5.93. The third kappa shape index (κ3) is 5.25. The van der Waals surface area contributed by atoms with Crippen molar-refractivity contribution >= 4 is 32.6 Å². The predicted molar refractivity (Wildman–Crippen MR) is 102 cm³/mol. The number of carbonyl (C=O) groups is 1. The number of alkyl halides is 3. The number of hydrogen-bond donors (Lipinski definition) is 0. The third-order valence-corrected chi connectivity index (χ3v) is 4.58. The van der Waals surface area contributed by atoms with Crippen LogP contribution < -0.4 is 4.74 Å². The van der Waals surface area contributed by atoms with Gasteiger partial charge in [0.15, 0.2) is 6.61 Å². The Hall–Kier alpha value is -2.55. The molecule has 0 spiro atoms. The molecule has 0 aliphatic heterocycles. The van der Waals surface area contributed by atoms with E-state index in [1.54, 1.807) is 6.07 Å². The van der Waals surface area contributed by atoms with Crippen molar-refractivity contribution in [3.8, 4) is 5.75 Å². The van der Waals surface area contributed by atoms with E-state index in [-0.39, 0.29) is 24.9 Å². The van der Waals surface area contributed by atoms with E-state index >= 15 is 0 Å². The second-order valence-electron chi connectivity index (χ2n) is 6.28. The number of fused-ring (bicyclic) bond motifs is 1. The maximum absolute atomic E-state index is 12.6. The highest BCUT2D eigenvalue weighted by molar-refractivity contribution is 9.10. The van der Waals surface area contributed by atoms with Crippen LogP contribution in [0.25, 0.3) is 10.8 Å². The molecule has 0 fully saturated rings. The monoisotopic (exact) mass is 455 g/mol. The fraction of sp³-hybridized carbons (Fsp3) is 0.263. The van der Waals surface area contributed by atoms with E-state index in [0.29, 0.717) is 5.75 Å². The van der Waals surface area contributed by atoms with Gasteiger partial charge in [-0.05, 0) is 35.0 Å². The summed E-state index contributed by atoms with van der Waals surface area (Å²) in [6.45, 7) is -1.41. The molecule has 5 nitrogen and oxygen atoms in total. The van der Waals surface area contributed by atoms with Crippen molar-refractivity contribution in [2.45, 2.75) is 19.3 Å².